The van der Waals surface area contributed by atoms with Crippen LogP contribution in [0.5, 0.6) is 17.2 Å². The zero-order chi connectivity index (χ0) is 23.8. The van der Waals surface area contributed by atoms with Crippen LogP contribution in [0.4, 0.5) is 0 Å². The van der Waals surface area contributed by atoms with Crippen LogP contribution in [-0.2, 0) is 6.42 Å². The molecule has 0 bridgehead atoms. The monoisotopic (exact) mass is 633 g/mol. The Morgan fingerprint density at radius 2 is 1.62 bits per heavy atom. The number of aromatic hydroxyl groups is 2. The van der Waals surface area contributed by atoms with Crippen molar-refractivity contribution in [3.8, 4) is 17.2 Å². The Labute approximate surface area is 213 Å². The number of nitrogens with one attached hydrogen (secondary N) is 1. The van der Waals surface area contributed by atoms with Gasteiger partial charge in [-0.1, -0.05) is 35.7 Å². The van der Waals surface area contributed by atoms with Crippen molar-refractivity contribution in [1.82, 2.24) is 5.32 Å². The summed E-state index contributed by atoms with van der Waals surface area (Å²) in [5.74, 6) is -0.160. The first-order valence-electron chi connectivity index (χ1n) is 10.3. The van der Waals surface area contributed by atoms with E-state index < -0.39 is 0 Å². The second-order valence-corrected chi connectivity index (χ2v) is 9.75. The van der Waals surface area contributed by atoms with Crippen LogP contribution in [0.1, 0.15) is 65.3 Å². The smallest absolute Gasteiger partial charge is 0.255 e. The van der Waals surface area contributed by atoms with E-state index in [1.165, 1.54) is 19.2 Å². The molecule has 0 unspecified atom stereocenters. The second-order valence-electron chi connectivity index (χ2n) is 7.25. The summed E-state index contributed by atoms with van der Waals surface area (Å²) in [6.07, 6.45) is 4.21. The number of hydrogen-bond acceptors (Lipinski definition) is 5. The summed E-state index contributed by atoms with van der Waals surface area (Å²) in [5.41, 5.74) is 1.42. The SMILES string of the molecule is CCc1c(Br)cc(C(=O)CCCCCCNC(=O)c2cc(Br)c(OC)cc2O)c(O)c1Br. The molecule has 0 aliphatic carbocycles. The first-order valence-corrected chi connectivity index (χ1v) is 12.7. The van der Waals surface area contributed by atoms with Gasteiger partial charge < -0.3 is 20.3 Å². The van der Waals surface area contributed by atoms with Crippen molar-refractivity contribution >= 4 is 59.5 Å². The summed E-state index contributed by atoms with van der Waals surface area (Å²) in [5, 5.41) is 23.1. The van der Waals surface area contributed by atoms with Gasteiger partial charge in [-0.25, -0.2) is 0 Å². The highest BCUT2D eigenvalue weighted by Crippen LogP contribution is 2.37. The van der Waals surface area contributed by atoms with Gasteiger partial charge >= 0.3 is 0 Å². The predicted molar refractivity (Wildman–Crippen MR) is 135 cm³/mol. The average Bonchev–Trinajstić information content (AvgIpc) is 2.76. The second kappa shape index (κ2) is 12.6. The third-order valence-electron chi connectivity index (χ3n) is 5.07. The van der Waals surface area contributed by atoms with E-state index in [9.17, 15) is 19.8 Å². The summed E-state index contributed by atoms with van der Waals surface area (Å²) >= 11 is 10.1. The topological polar surface area (TPSA) is 95.9 Å². The van der Waals surface area contributed by atoms with Crippen LogP contribution in [0.25, 0.3) is 0 Å². The molecule has 0 aliphatic heterocycles. The first-order chi connectivity index (χ1) is 15.2. The highest BCUT2D eigenvalue weighted by Gasteiger charge is 2.18. The number of ketones is 1. The number of halogens is 3. The molecule has 9 heteroatoms. The Morgan fingerprint density at radius 3 is 2.28 bits per heavy atom. The van der Waals surface area contributed by atoms with Gasteiger partial charge in [-0.3, -0.25) is 9.59 Å². The van der Waals surface area contributed by atoms with Crippen LogP contribution in [0.2, 0.25) is 0 Å². The Balaban J connectivity index is 1.75. The van der Waals surface area contributed by atoms with Crippen molar-refractivity contribution in [3.63, 3.8) is 0 Å². The molecule has 2 rings (SSSR count). The van der Waals surface area contributed by atoms with Crippen LogP contribution >= 0.6 is 47.8 Å². The van der Waals surface area contributed by atoms with Crippen LogP contribution in [-0.4, -0.2) is 35.6 Å². The van der Waals surface area contributed by atoms with Gasteiger partial charge in [0.2, 0.25) is 0 Å². The molecule has 0 atom stereocenters. The minimum Gasteiger partial charge on any atom is -0.507 e. The number of benzene rings is 2. The Morgan fingerprint density at radius 1 is 0.969 bits per heavy atom. The number of amides is 1. The van der Waals surface area contributed by atoms with Gasteiger partial charge in [-0.05, 0) is 68.8 Å². The molecule has 0 fully saturated rings. The average molecular weight is 636 g/mol. The molecule has 1 amide bonds. The van der Waals surface area contributed by atoms with Crippen molar-refractivity contribution in [2.45, 2.75) is 45.4 Å². The maximum absolute atomic E-state index is 12.5. The van der Waals surface area contributed by atoms with E-state index in [0.29, 0.717) is 39.6 Å². The van der Waals surface area contributed by atoms with Gasteiger partial charge in [0.15, 0.2) is 5.78 Å². The number of carbonyl (C=O) groups is 2. The largest absolute Gasteiger partial charge is 0.507 e. The van der Waals surface area contributed by atoms with E-state index in [2.05, 4.69) is 53.1 Å². The molecule has 0 radical (unpaired) electrons. The third kappa shape index (κ3) is 6.71. The van der Waals surface area contributed by atoms with Crippen molar-refractivity contribution in [2.75, 3.05) is 13.7 Å². The molecule has 0 saturated carbocycles. The maximum atomic E-state index is 12.5. The molecular weight excluding hydrogens is 610 g/mol. The number of phenols is 2. The van der Waals surface area contributed by atoms with Crippen molar-refractivity contribution in [2.24, 2.45) is 0 Å². The number of unbranched alkanes of at least 4 members (excludes halogenated alkanes) is 3. The van der Waals surface area contributed by atoms with Crippen LogP contribution < -0.4 is 10.1 Å². The zero-order valence-electron chi connectivity index (χ0n) is 17.9. The highest BCUT2D eigenvalue weighted by molar-refractivity contribution is 9.11. The Bertz CT molecular complexity index is 994. The van der Waals surface area contributed by atoms with Crippen LogP contribution in [0.15, 0.2) is 31.6 Å². The quantitative estimate of drug-likeness (QED) is 0.193. The first kappa shape index (κ1) is 26.7. The number of carbonyl (C=O) groups excluding carboxylic acids is 2. The Kier molecular flexibility index (Phi) is 10.5. The number of methoxy groups -OCH3 is 1. The van der Waals surface area contributed by atoms with Crippen molar-refractivity contribution in [1.29, 1.82) is 0 Å². The maximum Gasteiger partial charge on any atom is 0.255 e. The van der Waals surface area contributed by atoms with Gasteiger partial charge in [0.05, 0.1) is 27.2 Å². The van der Waals surface area contributed by atoms with E-state index in [-0.39, 0.29) is 28.8 Å². The summed E-state index contributed by atoms with van der Waals surface area (Å²) < 4.78 is 7.04. The fraction of sp³-hybridized carbons (Fsp3) is 0.391. The van der Waals surface area contributed by atoms with Crippen molar-refractivity contribution < 1.29 is 24.5 Å². The Hall–Kier alpha value is -1.58. The third-order valence-corrected chi connectivity index (χ3v) is 7.25. The molecule has 0 heterocycles. The van der Waals surface area contributed by atoms with E-state index in [0.717, 1.165) is 35.7 Å². The summed E-state index contributed by atoms with van der Waals surface area (Å²) in [4.78, 5) is 24.8. The summed E-state index contributed by atoms with van der Waals surface area (Å²) in [7, 11) is 1.48. The zero-order valence-corrected chi connectivity index (χ0v) is 22.7. The number of ether oxygens (including phenoxy) is 1. The lowest BCUT2D eigenvalue weighted by Crippen LogP contribution is -2.24. The number of Topliss-reactive ketones (excluding diaryl/α,β-unsaturated/α-hetero) is 1. The van der Waals surface area contributed by atoms with E-state index >= 15 is 0 Å². The molecule has 2 aromatic rings. The molecule has 174 valence electrons. The number of rotatable bonds is 11. The number of hydrogen-bond donors (Lipinski definition) is 3. The van der Waals surface area contributed by atoms with E-state index in [4.69, 9.17) is 4.74 Å². The van der Waals surface area contributed by atoms with Gasteiger partial charge in [-0.2, -0.15) is 0 Å². The molecular formula is C23H26Br3NO5. The minimum atomic E-state index is -0.358. The molecule has 6 nitrogen and oxygen atoms in total. The predicted octanol–water partition coefficient (Wildman–Crippen LogP) is 6.52. The molecule has 0 aliphatic rings. The molecule has 32 heavy (non-hydrogen) atoms. The summed E-state index contributed by atoms with van der Waals surface area (Å²) in [6, 6.07) is 4.60. The lowest BCUT2D eigenvalue weighted by molar-refractivity contribution is 0.0949. The molecule has 0 aromatic heterocycles. The van der Waals surface area contributed by atoms with Gasteiger partial charge in [0.25, 0.3) is 5.91 Å². The van der Waals surface area contributed by atoms with Crippen molar-refractivity contribution in [3.05, 3.63) is 48.3 Å². The molecule has 0 spiro atoms. The lowest BCUT2D eigenvalue weighted by atomic mass is 10.0. The number of phenolic OH excluding ortho intramolecular Hbond substituents is 2. The fourth-order valence-electron chi connectivity index (χ4n) is 3.26. The van der Waals surface area contributed by atoms with Gasteiger partial charge in [0, 0.05) is 23.5 Å². The molecule has 2 aromatic carbocycles. The van der Waals surface area contributed by atoms with Gasteiger partial charge in [-0.15, -0.1) is 0 Å². The van der Waals surface area contributed by atoms with E-state index in [1.54, 1.807) is 6.07 Å². The summed E-state index contributed by atoms with van der Waals surface area (Å²) in [6.45, 7) is 2.45. The normalized spacial score (nSPS) is 10.8. The molecule has 3 N–H and O–H groups in total. The molecule has 0 saturated heterocycles. The van der Waals surface area contributed by atoms with E-state index in [1.807, 2.05) is 6.92 Å². The van der Waals surface area contributed by atoms with Crippen LogP contribution in [0.3, 0.4) is 0 Å². The fourth-order valence-corrected chi connectivity index (χ4v) is 5.45. The minimum absolute atomic E-state index is 0.00816. The van der Waals surface area contributed by atoms with Crippen LogP contribution in [0, 0.1) is 0 Å². The highest BCUT2D eigenvalue weighted by atomic mass is 79.9. The lowest BCUT2D eigenvalue weighted by Gasteiger charge is -2.12. The standard InChI is InChI=1S/C23H26Br3NO5/c1-3-13-16(24)10-14(22(30)21(13)26)18(28)8-6-4-5-7-9-27-23(31)15-11-17(25)20(32-2)12-19(15)29/h10-12,29-30H,3-9H2,1-2H3,(H,27,31). The van der Waals surface area contributed by atoms with Gasteiger partial charge in [0.1, 0.15) is 17.2 Å².